The second-order valence-electron chi connectivity index (χ2n) is 7.40. The third-order valence-corrected chi connectivity index (χ3v) is 5.02. The highest BCUT2D eigenvalue weighted by Gasteiger charge is 2.16. The van der Waals surface area contributed by atoms with Gasteiger partial charge in [-0.15, -0.1) is 0 Å². The summed E-state index contributed by atoms with van der Waals surface area (Å²) < 4.78 is 10.8. The van der Waals surface area contributed by atoms with E-state index in [1.807, 2.05) is 31.2 Å². The van der Waals surface area contributed by atoms with E-state index in [2.05, 4.69) is 10.3 Å². The topological polar surface area (TPSA) is 81.4 Å². The van der Waals surface area contributed by atoms with Crippen LogP contribution in [0.3, 0.4) is 0 Å². The van der Waals surface area contributed by atoms with Gasteiger partial charge in [-0.3, -0.25) is 9.59 Å². The summed E-state index contributed by atoms with van der Waals surface area (Å²) in [6, 6.07) is 8.17. The van der Waals surface area contributed by atoms with Crippen LogP contribution in [-0.2, 0) is 20.7 Å². The summed E-state index contributed by atoms with van der Waals surface area (Å²) in [5, 5.41) is 2.97. The summed E-state index contributed by atoms with van der Waals surface area (Å²) >= 11 is 0. The lowest BCUT2D eigenvalue weighted by atomic mass is 10.1. The molecule has 1 heterocycles. The number of nitrogens with one attached hydrogen (secondary N) is 1. The Balaban J connectivity index is 1.38. The zero-order chi connectivity index (χ0) is 19.8. The van der Waals surface area contributed by atoms with Crippen LogP contribution in [0.1, 0.15) is 56.4 Å². The van der Waals surface area contributed by atoms with E-state index in [4.69, 9.17) is 9.15 Å². The summed E-state index contributed by atoms with van der Waals surface area (Å²) in [7, 11) is 0. The molecular weight excluding hydrogens is 356 g/mol. The number of ether oxygens (including phenoxy) is 1. The number of nitrogens with zero attached hydrogens (tertiary/aromatic N) is 1. The van der Waals surface area contributed by atoms with Crippen LogP contribution in [0.4, 0.5) is 0 Å². The summed E-state index contributed by atoms with van der Waals surface area (Å²) in [6.07, 6.45) is 8.89. The SMILES string of the molecule is Cc1ccc(-c2cnc(CCC(=O)OCC(=O)NC3CCCCCC3)o2)cc1. The highest BCUT2D eigenvalue weighted by molar-refractivity contribution is 5.80. The minimum absolute atomic E-state index is 0.130. The number of carbonyl (C=O) groups excluding carboxylic acids is 2. The maximum atomic E-state index is 12.0. The Morgan fingerprint density at radius 3 is 2.57 bits per heavy atom. The number of oxazole rings is 1. The Kier molecular flexibility index (Phi) is 7.23. The lowest BCUT2D eigenvalue weighted by molar-refractivity contribution is -0.148. The molecule has 0 radical (unpaired) electrons. The first-order chi connectivity index (χ1) is 13.6. The smallest absolute Gasteiger partial charge is 0.306 e. The molecule has 6 nitrogen and oxygen atoms in total. The predicted octanol–water partition coefficient (Wildman–Crippen LogP) is 3.96. The summed E-state index contributed by atoms with van der Waals surface area (Å²) in [5.41, 5.74) is 2.12. The third kappa shape index (κ3) is 6.22. The van der Waals surface area contributed by atoms with E-state index in [9.17, 15) is 9.59 Å². The van der Waals surface area contributed by atoms with E-state index in [-0.39, 0.29) is 25.0 Å². The molecule has 1 aromatic carbocycles. The average Bonchev–Trinajstić information content (AvgIpc) is 3.02. The van der Waals surface area contributed by atoms with Gasteiger partial charge in [0.25, 0.3) is 5.91 Å². The van der Waals surface area contributed by atoms with E-state index < -0.39 is 5.97 Å². The van der Waals surface area contributed by atoms with E-state index in [1.165, 1.54) is 18.4 Å². The quantitative estimate of drug-likeness (QED) is 0.577. The monoisotopic (exact) mass is 384 g/mol. The zero-order valence-electron chi connectivity index (χ0n) is 16.4. The van der Waals surface area contributed by atoms with Crippen LogP contribution in [0.2, 0.25) is 0 Å². The van der Waals surface area contributed by atoms with Gasteiger partial charge in [-0.25, -0.2) is 4.98 Å². The molecule has 0 bridgehead atoms. The molecule has 1 saturated carbocycles. The summed E-state index contributed by atoms with van der Waals surface area (Å²) in [5.74, 6) is 0.505. The lowest BCUT2D eigenvalue weighted by Crippen LogP contribution is -2.37. The first-order valence-electron chi connectivity index (χ1n) is 10.1. The Morgan fingerprint density at radius 2 is 1.86 bits per heavy atom. The van der Waals surface area contributed by atoms with Gasteiger partial charge in [-0.05, 0) is 19.8 Å². The molecule has 3 rings (SSSR count). The van der Waals surface area contributed by atoms with Gasteiger partial charge in [-0.2, -0.15) is 0 Å². The second kappa shape index (κ2) is 10.1. The van der Waals surface area contributed by atoms with Crippen molar-refractivity contribution in [3.05, 3.63) is 41.9 Å². The standard InChI is InChI=1S/C22H28N2O4/c1-16-8-10-17(11-9-16)19-14-23-21(28-19)12-13-22(26)27-15-20(25)24-18-6-4-2-3-5-7-18/h8-11,14,18H,2-7,12-13,15H2,1H3,(H,24,25). The number of hydrogen-bond donors (Lipinski definition) is 1. The Morgan fingerprint density at radius 1 is 1.14 bits per heavy atom. The number of hydrogen-bond acceptors (Lipinski definition) is 5. The normalized spacial score (nSPS) is 15.0. The molecule has 150 valence electrons. The third-order valence-electron chi connectivity index (χ3n) is 5.02. The fraction of sp³-hybridized carbons (Fsp3) is 0.500. The molecule has 0 spiro atoms. The van der Waals surface area contributed by atoms with Crippen LogP contribution in [0.5, 0.6) is 0 Å². The van der Waals surface area contributed by atoms with Crippen molar-refractivity contribution in [1.82, 2.24) is 10.3 Å². The van der Waals surface area contributed by atoms with Gasteiger partial charge in [0, 0.05) is 18.0 Å². The molecule has 1 fully saturated rings. The van der Waals surface area contributed by atoms with E-state index in [0.717, 1.165) is 31.2 Å². The fourth-order valence-electron chi connectivity index (χ4n) is 3.40. The number of esters is 1. The Labute approximate surface area is 165 Å². The van der Waals surface area contributed by atoms with Gasteiger partial charge < -0.3 is 14.5 Å². The summed E-state index contributed by atoms with van der Waals surface area (Å²) in [6.45, 7) is 1.80. The van der Waals surface area contributed by atoms with E-state index in [1.54, 1.807) is 6.20 Å². The molecule has 1 aliphatic rings. The van der Waals surface area contributed by atoms with Gasteiger partial charge >= 0.3 is 5.97 Å². The highest BCUT2D eigenvalue weighted by atomic mass is 16.5. The molecule has 1 aromatic heterocycles. The number of benzene rings is 1. The van der Waals surface area contributed by atoms with Crippen molar-refractivity contribution in [2.45, 2.75) is 64.3 Å². The molecular formula is C22H28N2O4. The molecule has 0 unspecified atom stereocenters. The zero-order valence-corrected chi connectivity index (χ0v) is 16.4. The first-order valence-corrected chi connectivity index (χ1v) is 10.1. The van der Waals surface area contributed by atoms with Crippen molar-refractivity contribution in [2.75, 3.05) is 6.61 Å². The molecule has 28 heavy (non-hydrogen) atoms. The van der Waals surface area contributed by atoms with Gasteiger partial charge in [-0.1, -0.05) is 55.5 Å². The van der Waals surface area contributed by atoms with Gasteiger partial charge in [0.2, 0.25) is 0 Å². The number of aromatic nitrogens is 1. The van der Waals surface area contributed by atoms with Crippen LogP contribution in [-0.4, -0.2) is 29.5 Å². The van der Waals surface area contributed by atoms with Crippen molar-refractivity contribution in [2.24, 2.45) is 0 Å². The summed E-state index contributed by atoms with van der Waals surface area (Å²) in [4.78, 5) is 28.1. The van der Waals surface area contributed by atoms with E-state index >= 15 is 0 Å². The molecule has 1 amide bonds. The molecule has 6 heteroatoms. The van der Waals surface area contributed by atoms with Crippen molar-refractivity contribution >= 4 is 11.9 Å². The minimum Gasteiger partial charge on any atom is -0.456 e. The lowest BCUT2D eigenvalue weighted by Gasteiger charge is -2.16. The largest absolute Gasteiger partial charge is 0.456 e. The van der Waals surface area contributed by atoms with Gasteiger partial charge in [0.15, 0.2) is 18.3 Å². The molecule has 1 aliphatic carbocycles. The predicted molar refractivity (Wildman–Crippen MR) is 106 cm³/mol. The molecule has 1 N–H and O–H groups in total. The molecule has 0 aliphatic heterocycles. The molecule has 2 aromatic rings. The number of amides is 1. The van der Waals surface area contributed by atoms with Crippen LogP contribution < -0.4 is 5.32 Å². The van der Waals surface area contributed by atoms with Gasteiger partial charge in [0.05, 0.1) is 12.6 Å². The average molecular weight is 384 g/mol. The van der Waals surface area contributed by atoms with Crippen LogP contribution in [0.15, 0.2) is 34.9 Å². The maximum absolute atomic E-state index is 12.0. The van der Waals surface area contributed by atoms with Crippen molar-refractivity contribution in [1.29, 1.82) is 0 Å². The first kappa shape index (κ1) is 20.1. The van der Waals surface area contributed by atoms with Crippen LogP contribution in [0, 0.1) is 6.92 Å². The highest BCUT2D eigenvalue weighted by Crippen LogP contribution is 2.21. The number of carbonyl (C=O) groups is 2. The molecule has 0 atom stereocenters. The van der Waals surface area contributed by atoms with Crippen LogP contribution in [0.25, 0.3) is 11.3 Å². The Hall–Kier alpha value is -2.63. The van der Waals surface area contributed by atoms with E-state index in [0.29, 0.717) is 18.1 Å². The van der Waals surface area contributed by atoms with Crippen molar-refractivity contribution < 1.29 is 18.7 Å². The minimum atomic E-state index is -0.425. The van der Waals surface area contributed by atoms with Crippen molar-refractivity contribution in [3.8, 4) is 11.3 Å². The molecule has 0 saturated heterocycles. The number of aryl methyl sites for hydroxylation is 2. The second-order valence-corrected chi connectivity index (χ2v) is 7.40. The maximum Gasteiger partial charge on any atom is 0.306 e. The Bertz CT molecular complexity index is 774. The van der Waals surface area contributed by atoms with Gasteiger partial charge in [0.1, 0.15) is 0 Å². The number of rotatable bonds is 7. The van der Waals surface area contributed by atoms with Crippen molar-refractivity contribution in [3.63, 3.8) is 0 Å². The van der Waals surface area contributed by atoms with Crippen LogP contribution >= 0.6 is 0 Å². The fourth-order valence-corrected chi connectivity index (χ4v) is 3.40.